The second-order valence-corrected chi connectivity index (χ2v) is 9.04. The van der Waals surface area contributed by atoms with Crippen molar-refractivity contribution in [3.8, 4) is 0 Å². The third-order valence-electron chi connectivity index (χ3n) is 6.75. The third-order valence-corrected chi connectivity index (χ3v) is 6.75. The van der Waals surface area contributed by atoms with Gasteiger partial charge in [0.25, 0.3) is 5.91 Å². The average Bonchev–Trinajstić information content (AvgIpc) is 3.25. The number of nitrogens with zero attached hydrogens (tertiary/aromatic N) is 5. The number of aromatic amines is 1. The first-order valence-electron chi connectivity index (χ1n) is 11.7. The number of fused-ring (bicyclic) bond motifs is 1. The van der Waals surface area contributed by atoms with Crippen LogP contribution in [0, 0.1) is 19.7 Å². The predicted molar refractivity (Wildman–Crippen MR) is 123 cm³/mol. The van der Waals surface area contributed by atoms with Crippen LogP contribution in [0.1, 0.15) is 70.4 Å². The Morgan fingerprint density at radius 1 is 1.18 bits per heavy atom. The van der Waals surface area contributed by atoms with Gasteiger partial charge < -0.3 is 9.80 Å². The molecule has 5 rings (SSSR count). The van der Waals surface area contributed by atoms with Crippen molar-refractivity contribution in [1.82, 2.24) is 25.1 Å². The number of amides is 1. The summed E-state index contributed by atoms with van der Waals surface area (Å²) in [6.07, 6.45) is 6.39. The second kappa shape index (κ2) is 8.92. The molecule has 2 aromatic heterocycles. The van der Waals surface area contributed by atoms with E-state index < -0.39 is 0 Å². The van der Waals surface area contributed by atoms with Gasteiger partial charge in [-0.2, -0.15) is 5.10 Å². The Morgan fingerprint density at radius 3 is 2.85 bits per heavy atom. The molecule has 7 nitrogen and oxygen atoms in total. The fourth-order valence-corrected chi connectivity index (χ4v) is 5.03. The number of nitrogens with one attached hydrogen (secondary N) is 1. The summed E-state index contributed by atoms with van der Waals surface area (Å²) in [6.45, 7) is 6.04. The highest BCUT2D eigenvalue weighted by Crippen LogP contribution is 2.35. The summed E-state index contributed by atoms with van der Waals surface area (Å²) in [4.78, 5) is 27.4. The molecule has 1 fully saturated rings. The van der Waals surface area contributed by atoms with E-state index in [1.807, 2.05) is 24.8 Å². The van der Waals surface area contributed by atoms with Gasteiger partial charge in [0.05, 0.1) is 17.8 Å². The van der Waals surface area contributed by atoms with Gasteiger partial charge in [-0.05, 0) is 63.6 Å². The van der Waals surface area contributed by atoms with E-state index in [0.717, 1.165) is 67.0 Å². The number of benzene rings is 1. The lowest BCUT2D eigenvalue weighted by Crippen LogP contribution is -2.40. The maximum atomic E-state index is 13.8. The van der Waals surface area contributed by atoms with Crippen molar-refractivity contribution >= 4 is 11.7 Å². The summed E-state index contributed by atoms with van der Waals surface area (Å²) in [5.74, 6) is 1.37. The van der Waals surface area contributed by atoms with Gasteiger partial charge in [-0.25, -0.2) is 14.4 Å². The molecule has 33 heavy (non-hydrogen) atoms. The Balaban J connectivity index is 1.49. The summed E-state index contributed by atoms with van der Waals surface area (Å²) < 4.78 is 13.8. The van der Waals surface area contributed by atoms with Crippen LogP contribution in [-0.4, -0.2) is 44.1 Å². The Kier molecular flexibility index (Phi) is 5.83. The maximum absolute atomic E-state index is 13.8. The number of rotatable bonds is 4. The highest BCUT2D eigenvalue weighted by molar-refractivity contribution is 5.95. The Labute approximate surface area is 193 Å². The lowest BCUT2D eigenvalue weighted by Gasteiger charge is -2.36. The standard InChI is InChI=1S/C25H29FN6O/c1-16-20-9-6-11-31(15-18-7-5-8-19(26)13-18)24(20)29-23(28-16)22-10-3-4-12-32(22)25(33)21-14-27-30-17(21)2/h5,7-8,13-14,22H,3-4,6,9-12,15H2,1-2H3,(H,27,30). The monoisotopic (exact) mass is 448 g/mol. The van der Waals surface area contributed by atoms with E-state index in [-0.39, 0.29) is 17.8 Å². The van der Waals surface area contributed by atoms with Crippen LogP contribution >= 0.6 is 0 Å². The summed E-state index contributed by atoms with van der Waals surface area (Å²) in [5.41, 5.74) is 4.42. The normalized spacial score (nSPS) is 18.3. The van der Waals surface area contributed by atoms with Gasteiger partial charge in [0.15, 0.2) is 5.82 Å². The zero-order valence-corrected chi connectivity index (χ0v) is 19.1. The summed E-state index contributed by atoms with van der Waals surface area (Å²) in [7, 11) is 0. The number of carbonyl (C=O) groups excluding carboxylic acids is 1. The van der Waals surface area contributed by atoms with Crippen molar-refractivity contribution in [2.75, 3.05) is 18.0 Å². The van der Waals surface area contributed by atoms with Crippen LogP contribution in [-0.2, 0) is 13.0 Å². The van der Waals surface area contributed by atoms with Crippen LogP contribution in [0.3, 0.4) is 0 Å². The van der Waals surface area contributed by atoms with Gasteiger partial charge in [-0.3, -0.25) is 9.89 Å². The zero-order chi connectivity index (χ0) is 22.9. The molecule has 1 atom stereocenters. The van der Waals surface area contributed by atoms with E-state index in [4.69, 9.17) is 9.97 Å². The lowest BCUT2D eigenvalue weighted by molar-refractivity contribution is 0.0599. The van der Waals surface area contributed by atoms with Gasteiger partial charge >= 0.3 is 0 Å². The molecule has 0 bridgehead atoms. The van der Waals surface area contributed by atoms with Crippen LogP contribution in [0.5, 0.6) is 0 Å². The topological polar surface area (TPSA) is 78.0 Å². The predicted octanol–water partition coefficient (Wildman–Crippen LogP) is 4.28. The molecule has 1 N–H and O–H groups in total. The van der Waals surface area contributed by atoms with Crippen molar-refractivity contribution in [2.45, 2.75) is 58.5 Å². The first-order chi connectivity index (χ1) is 16.0. The number of hydrogen-bond acceptors (Lipinski definition) is 5. The molecule has 172 valence electrons. The summed E-state index contributed by atoms with van der Waals surface area (Å²) in [5, 5.41) is 6.89. The van der Waals surface area contributed by atoms with Crippen molar-refractivity contribution in [3.05, 3.63) is 70.2 Å². The van der Waals surface area contributed by atoms with E-state index in [0.29, 0.717) is 24.5 Å². The lowest BCUT2D eigenvalue weighted by atomic mass is 9.98. The van der Waals surface area contributed by atoms with Gasteiger partial charge in [0.1, 0.15) is 11.6 Å². The van der Waals surface area contributed by atoms with E-state index in [2.05, 4.69) is 15.1 Å². The first-order valence-corrected chi connectivity index (χ1v) is 11.7. The fraction of sp³-hybridized carbons (Fsp3) is 0.440. The van der Waals surface area contributed by atoms with E-state index >= 15 is 0 Å². The van der Waals surface area contributed by atoms with Crippen LogP contribution in [0.25, 0.3) is 0 Å². The highest BCUT2D eigenvalue weighted by Gasteiger charge is 2.33. The van der Waals surface area contributed by atoms with Crippen molar-refractivity contribution in [3.63, 3.8) is 0 Å². The number of H-pyrrole nitrogens is 1. The number of halogens is 1. The maximum Gasteiger partial charge on any atom is 0.257 e. The van der Waals surface area contributed by atoms with Gasteiger partial charge in [0.2, 0.25) is 0 Å². The molecule has 1 aromatic carbocycles. The van der Waals surface area contributed by atoms with Crippen molar-refractivity contribution in [1.29, 1.82) is 0 Å². The third kappa shape index (κ3) is 4.21. The summed E-state index contributed by atoms with van der Waals surface area (Å²) in [6, 6.07) is 6.57. The number of anilines is 1. The Hall–Kier alpha value is -3.29. The number of piperidine rings is 1. The molecule has 2 aliphatic rings. The molecule has 1 saturated heterocycles. The largest absolute Gasteiger partial charge is 0.352 e. The van der Waals surface area contributed by atoms with E-state index in [9.17, 15) is 9.18 Å². The van der Waals surface area contributed by atoms with Crippen molar-refractivity contribution < 1.29 is 9.18 Å². The Morgan fingerprint density at radius 2 is 2.06 bits per heavy atom. The molecule has 2 aliphatic heterocycles. The second-order valence-electron chi connectivity index (χ2n) is 9.04. The molecule has 0 radical (unpaired) electrons. The minimum absolute atomic E-state index is 0.0264. The molecular formula is C25H29FN6O. The van der Waals surface area contributed by atoms with E-state index in [1.165, 1.54) is 6.07 Å². The number of aromatic nitrogens is 4. The average molecular weight is 449 g/mol. The zero-order valence-electron chi connectivity index (χ0n) is 19.1. The number of likely N-dealkylation sites (tertiary alicyclic amines) is 1. The van der Waals surface area contributed by atoms with Crippen LogP contribution < -0.4 is 4.90 Å². The van der Waals surface area contributed by atoms with Crippen molar-refractivity contribution in [2.24, 2.45) is 0 Å². The molecule has 3 aromatic rings. The number of hydrogen-bond donors (Lipinski definition) is 1. The van der Waals surface area contributed by atoms with Crippen LogP contribution in [0.4, 0.5) is 10.2 Å². The molecule has 1 amide bonds. The first kappa shape index (κ1) is 21.6. The van der Waals surface area contributed by atoms with Gasteiger partial charge in [-0.15, -0.1) is 0 Å². The smallest absolute Gasteiger partial charge is 0.257 e. The highest BCUT2D eigenvalue weighted by atomic mass is 19.1. The number of aryl methyl sites for hydroxylation is 2. The van der Waals surface area contributed by atoms with Crippen LogP contribution in [0.2, 0.25) is 0 Å². The summed E-state index contributed by atoms with van der Waals surface area (Å²) >= 11 is 0. The molecular weight excluding hydrogens is 419 g/mol. The SMILES string of the molecule is Cc1nc(C2CCCCN2C(=O)c2cn[nH]c2C)nc2c1CCCN2Cc1cccc(F)c1. The van der Waals surface area contributed by atoms with E-state index in [1.54, 1.807) is 18.3 Å². The molecule has 0 spiro atoms. The molecule has 0 aliphatic carbocycles. The van der Waals surface area contributed by atoms with Gasteiger partial charge in [-0.1, -0.05) is 12.1 Å². The minimum Gasteiger partial charge on any atom is -0.352 e. The Bertz CT molecular complexity index is 1180. The molecule has 0 saturated carbocycles. The van der Waals surface area contributed by atoms with Gasteiger partial charge in [0, 0.05) is 36.6 Å². The molecule has 1 unspecified atom stereocenters. The minimum atomic E-state index is -0.227. The molecule has 4 heterocycles. The number of carbonyl (C=O) groups is 1. The molecule has 8 heteroatoms. The van der Waals surface area contributed by atoms with Crippen LogP contribution in [0.15, 0.2) is 30.5 Å². The quantitative estimate of drug-likeness (QED) is 0.645. The fourth-order valence-electron chi connectivity index (χ4n) is 5.03.